The second kappa shape index (κ2) is 10.9. The van der Waals surface area contributed by atoms with E-state index in [9.17, 15) is 4.79 Å². The van der Waals surface area contributed by atoms with E-state index in [0.29, 0.717) is 46.0 Å². The third-order valence-corrected chi connectivity index (χ3v) is 4.34. The SMILES string of the molecule is COc1ccc(OC)c(NC(=S)NC(=O)CCCOc2ccc(Cl)cc2Cl)c1. The molecule has 0 aliphatic heterocycles. The Morgan fingerprint density at radius 2 is 1.82 bits per heavy atom. The van der Waals surface area contributed by atoms with Crippen molar-refractivity contribution in [3.05, 3.63) is 46.4 Å². The van der Waals surface area contributed by atoms with Gasteiger partial charge in [0.25, 0.3) is 0 Å². The van der Waals surface area contributed by atoms with Crippen LogP contribution >= 0.6 is 35.4 Å². The number of nitrogens with one attached hydrogen (secondary N) is 2. The summed E-state index contributed by atoms with van der Waals surface area (Å²) in [6.45, 7) is 0.332. The first kappa shape index (κ1) is 22.1. The monoisotopic (exact) mass is 442 g/mol. The molecule has 0 atom stereocenters. The number of anilines is 1. The molecule has 0 aliphatic rings. The van der Waals surface area contributed by atoms with Gasteiger partial charge in [-0.2, -0.15) is 0 Å². The van der Waals surface area contributed by atoms with Gasteiger partial charge in [0.15, 0.2) is 5.11 Å². The number of methoxy groups -OCH3 is 2. The average molecular weight is 443 g/mol. The molecule has 2 rings (SSSR count). The highest BCUT2D eigenvalue weighted by molar-refractivity contribution is 7.80. The summed E-state index contributed by atoms with van der Waals surface area (Å²) >= 11 is 17.0. The summed E-state index contributed by atoms with van der Waals surface area (Å²) in [7, 11) is 3.10. The Kier molecular flexibility index (Phi) is 8.63. The Labute approximate surface area is 179 Å². The summed E-state index contributed by atoms with van der Waals surface area (Å²) in [5, 5.41) is 6.67. The lowest BCUT2D eigenvalue weighted by atomic mass is 10.2. The van der Waals surface area contributed by atoms with Gasteiger partial charge in [-0.1, -0.05) is 23.2 Å². The lowest BCUT2D eigenvalue weighted by Gasteiger charge is -2.14. The molecule has 150 valence electrons. The third kappa shape index (κ3) is 6.74. The molecule has 0 bridgehead atoms. The summed E-state index contributed by atoms with van der Waals surface area (Å²) in [4.78, 5) is 12.1. The summed E-state index contributed by atoms with van der Waals surface area (Å²) < 4.78 is 16.0. The Hall–Kier alpha value is -2.22. The molecule has 0 heterocycles. The van der Waals surface area contributed by atoms with Crippen LogP contribution in [0.15, 0.2) is 36.4 Å². The van der Waals surface area contributed by atoms with Gasteiger partial charge >= 0.3 is 0 Å². The van der Waals surface area contributed by atoms with Crippen molar-refractivity contribution in [3.63, 3.8) is 0 Å². The first-order valence-electron chi connectivity index (χ1n) is 8.33. The average Bonchev–Trinajstić information content (AvgIpc) is 2.66. The van der Waals surface area contributed by atoms with Crippen LogP contribution < -0.4 is 24.8 Å². The van der Waals surface area contributed by atoms with E-state index in [1.165, 1.54) is 0 Å². The van der Waals surface area contributed by atoms with Crippen molar-refractivity contribution in [1.82, 2.24) is 5.32 Å². The second-order valence-corrected chi connectivity index (χ2v) is 6.85. The zero-order chi connectivity index (χ0) is 20.5. The molecule has 0 aromatic heterocycles. The quantitative estimate of drug-likeness (QED) is 0.456. The number of thiocarbonyl (C=S) groups is 1. The van der Waals surface area contributed by atoms with Gasteiger partial charge in [0, 0.05) is 17.5 Å². The van der Waals surface area contributed by atoms with Gasteiger partial charge in [0.1, 0.15) is 17.2 Å². The minimum absolute atomic E-state index is 0.165. The van der Waals surface area contributed by atoms with Crippen LogP contribution in [0.1, 0.15) is 12.8 Å². The van der Waals surface area contributed by atoms with Crippen LogP contribution in [0.4, 0.5) is 5.69 Å². The van der Waals surface area contributed by atoms with Gasteiger partial charge in [-0.15, -0.1) is 0 Å². The molecule has 1 amide bonds. The van der Waals surface area contributed by atoms with Gasteiger partial charge in [0.2, 0.25) is 5.91 Å². The van der Waals surface area contributed by atoms with E-state index in [0.717, 1.165) is 0 Å². The predicted octanol–water partition coefficient (Wildman–Crippen LogP) is 4.68. The summed E-state index contributed by atoms with van der Waals surface area (Å²) in [5.74, 6) is 1.50. The van der Waals surface area contributed by atoms with E-state index in [4.69, 9.17) is 49.6 Å². The topological polar surface area (TPSA) is 68.8 Å². The molecule has 0 spiro atoms. The smallest absolute Gasteiger partial charge is 0.226 e. The van der Waals surface area contributed by atoms with Gasteiger partial charge in [-0.05, 0) is 49.0 Å². The van der Waals surface area contributed by atoms with Crippen molar-refractivity contribution < 1.29 is 19.0 Å². The summed E-state index contributed by atoms with van der Waals surface area (Å²) in [6, 6.07) is 10.2. The van der Waals surface area contributed by atoms with Crippen molar-refractivity contribution in [2.75, 3.05) is 26.1 Å². The Morgan fingerprint density at radius 1 is 1.07 bits per heavy atom. The number of amides is 1. The highest BCUT2D eigenvalue weighted by Gasteiger charge is 2.10. The standard InChI is InChI=1S/C19H20Cl2N2O4S/c1-25-13-6-8-17(26-2)15(11-13)22-19(28)23-18(24)4-3-9-27-16-7-5-12(20)10-14(16)21/h5-8,10-11H,3-4,9H2,1-2H3,(H2,22,23,24,28). The van der Waals surface area contributed by atoms with Crippen molar-refractivity contribution in [3.8, 4) is 17.2 Å². The molecule has 0 unspecified atom stereocenters. The van der Waals surface area contributed by atoms with Gasteiger partial charge in [-0.25, -0.2) is 0 Å². The second-order valence-electron chi connectivity index (χ2n) is 5.60. The summed E-state index contributed by atoms with van der Waals surface area (Å²) in [5.41, 5.74) is 0.591. The zero-order valence-electron chi connectivity index (χ0n) is 15.4. The van der Waals surface area contributed by atoms with Crippen molar-refractivity contribution in [1.29, 1.82) is 0 Å². The lowest BCUT2D eigenvalue weighted by Crippen LogP contribution is -2.34. The number of hydrogen-bond donors (Lipinski definition) is 2. The van der Waals surface area contributed by atoms with Crippen LogP contribution in [0.5, 0.6) is 17.2 Å². The summed E-state index contributed by atoms with van der Waals surface area (Å²) in [6.07, 6.45) is 0.734. The fourth-order valence-corrected chi connectivity index (χ4v) is 2.95. The maximum absolute atomic E-state index is 12.1. The molecule has 0 fully saturated rings. The molecule has 0 radical (unpaired) electrons. The Bertz CT molecular complexity index is 849. The largest absolute Gasteiger partial charge is 0.497 e. The molecular weight excluding hydrogens is 423 g/mol. The van der Waals surface area contributed by atoms with E-state index in [1.807, 2.05) is 0 Å². The van der Waals surface area contributed by atoms with E-state index < -0.39 is 0 Å². The van der Waals surface area contributed by atoms with Crippen LogP contribution in [-0.4, -0.2) is 31.8 Å². The fourth-order valence-electron chi connectivity index (χ4n) is 2.26. The number of carbonyl (C=O) groups excluding carboxylic acids is 1. The van der Waals surface area contributed by atoms with Crippen molar-refractivity contribution in [2.24, 2.45) is 0 Å². The first-order chi connectivity index (χ1) is 13.4. The number of carbonyl (C=O) groups is 1. The van der Waals surface area contributed by atoms with Crippen molar-refractivity contribution in [2.45, 2.75) is 12.8 Å². The van der Waals surface area contributed by atoms with E-state index >= 15 is 0 Å². The minimum Gasteiger partial charge on any atom is -0.497 e. The molecule has 0 saturated heterocycles. The van der Waals surface area contributed by atoms with Crippen molar-refractivity contribution >= 4 is 52.1 Å². The van der Waals surface area contributed by atoms with Crippen LogP contribution in [0.25, 0.3) is 0 Å². The third-order valence-electron chi connectivity index (χ3n) is 3.61. The van der Waals surface area contributed by atoms with Gasteiger partial charge < -0.3 is 24.8 Å². The lowest BCUT2D eigenvalue weighted by molar-refractivity contribution is -0.119. The maximum Gasteiger partial charge on any atom is 0.226 e. The molecule has 2 aromatic rings. The highest BCUT2D eigenvalue weighted by atomic mass is 35.5. The van der Waals surface area contributed by atoms with E-state index in [-0.39, 0.29) is 17.4 Å². The molecule has 2 N–H and O–H groups in total. The van der Waals surface area contributed by atoms with Crippen LogP contribution in [0, 0.1) is 0 Å². The van der Waals surface area contributed by atoms with E-state index in [1.54, 1.807) is 50.6 Å². The Balaban J connectivity index is 1.77. The zero-order valence-corrected chi connectivity index (χ0v) is 17.7. The number of hydrogen-bond acceptors (Lipinski definition) is 5. The van der Waals surface area contributed by atoms with Gasteiger partial charge in [-0.3, -0.25) is 4.79 Å². The molecular formula is C19H20Cl2N2O4S. The first-order valence-corrected chi connectivity index (χ1v) is 9.50. The fraction of sp³-hybridized carbons (Fsp3) is 0.263. The minimum atomic E-state index is -0.231. The Morgan fingerprint density at radius 3 is 2.50 bits per heavy atom. The molecule has 9 heteroatoms. The van der Waals surface area contributed by atoms with Crippen LogP contribution in [-0.2, 0) is 4.79 Å². The molecule has 6 nitrogen and oxygen atoms in total. The number of rotatable bonds is 8. The predicted molar refractivity (Wildman–Crippen MR) is 115 cm³/mol. The van der Waals surface area contributed by atoms with Crippen LogP contribution in [0.3, 0.4) is 0 Å². The molecule has 0 saturated carbocycles. The number of halogens is 2. The number of ether oxygens (including phenoxy) is 3. The highest BCUT2D eigenvalue weighted by Crippen LogP contribution is 2.29. The van der Waals surface area contributed by atoms with Crippen LogP contribution in [0.2, 0.25) is 10.0 Å². The molecule has 28 heavy (non-hydrogen) atoms. The molecule has 2 aromatic carbocycles. The van der Waals surface area contributed by atoms with E-state index in [2.05, 4.69) is 10.6 Å². The maximum atomic E-state index is 12.1. The number of benzene rings is 2. The van der Waals surface area contributed by atoms with Gasteiger partial charge in [0.05, 0.1) is 31.5 Å². The molecule has 0 aliphatic carbocycles. The normalized spacial score (nSPS) is 10.1.